The van der Waals surface area contributed by atoms with Crippen LogP contribution in [-0.4, -0.2) is 16.8 Å². The predicted molar refractivity (Wildman–Crippen MR) is 36.4 cm³/mol. The van der Waals surface area contributed by atoms with Crippen LogP contribution in [0, 0.1) is 10.1 Å². The van der Waals surface area contributed by atoms with E-state index in [1.165, 1.54) is 0 Å². The summed E-state index contributed by atoms with van der Waals surface area (Å²) in [5, 5.41) is 10.0. The predicted octanol–water partition coefficient (Wildman–Crippen LogP) is 1.67. The van der Waals surface area contributed by atoms with Crippen LogP contribution in [0.3, 0.4) is 0 Å². The van der Waals surface area contributed by atoms with E-state index in [4.69, 9.17) is 11.6 Å². The van der Waals surface area contributed by atoms with Crippen molar-refractivity contribution in [3.8, 4) is 0 Å². The Morgan fingerprint density at radius 2 is 2.33 bits per heavy atom. The van der Waals surface area contributed by atoms with Gasteiger partial charge in [0.15, 0.2) is 0 Å². The molecule has 0 aromatic carbocycles. The molecule has 0 N–H and O–H groups in total. The van der Waals surface area contributed by atoms with Crippen LogP contribution < -0.4 is 0 Å². The van der Waals surface area contributed by atoms with Gasteiger partial charge < -0.3 is 0 Å². The van der Waals surface area contributed by atoms with Crippen molar-refractivity contribution in [3.05, 3.63) is 10.1 Å². The van der Waals surface area contributed by atoms with Crippen LogP contribution in [0.1, 0.15) is 19.8 Å². The number of halogens is 1. The molecule has 3 nitrogen and oxygen atoms in total. The Balaban J connectivity index is 3.54. The van der Waals surface area contributed by atoms with Gasteiger partial charge >= 0.3 is 0 Å². The molecule has 0 aliphatic rings. The summed E-state index contributed by atoms with van der Waals surface area (Å²) < 4.78 is 0. The van der Waals surface area contributed by atoms with E-state index in [0.717, 1.165) is 6.42 Å². The zero-order chi connectivity index (χ0) is 7.28. The summed E-state index contributed by atoms with van der Waals surface area (Å²) in [5.74, 6) is 0.126. The van der Waals surface area contributed by atoms with Crippen molar-refractivity contribution in [2.24, 2.45) is 0 Å². The van der Waals surface area contributed by atoms with E-state index < -0.39 is 6.04 Å². The highest BCUT2D eigenvalue weighted by atomic mass is 35.5. The molecule has 1 atom stereocenters. The summed E-state index contributed by atoms with van der Waals surface area (Å²) >= 11 is 5.30. The molecule has 0 saturated heterocycles. The second-order valence-electron chi connectivity index (χ2n) is 1.88. The monoisotopic (exact) mass is 151 g/mol. The fourth-order valence-electron chi connectivity index (χ4n) is 0.572. The molecule has 4 heteroatoms. The molecule has 0 aliphatic carbocycles. The Morgan fingerprint density at radius 1 is 1.78 bits per heavy atom. The molecule has 0 aromatic heterocycles. The van der Waals surface area contributed by atoms with Crippen LogP contribution in [0.2, 0.25) is 0 Å². The van der Waals surface area contributed by atoms with Gasteiger partial charge in [-0.2, -0.15) is 0 Å². The van der Waals surface area contributed by atoms with Gasteiger partial charge in [0, 0.05) is 11.3 Å². The lowest BCUT2D eigenvalue weighted by molar-refractivity contribution is -0.517. The van der Waals surface area contributed by atoms with Gasteiger partial charge in [0.05, 0.1) is 5.88 Å². The first-order valence-corrected chi connectivity index (χ1v) is 3.45. The van der Waals surface area contributed by atoms with E-state index in [9.17, 15) is 10.1 Å². The number of hydrogen-bond donors (Lipinski definition) is 0. The molecule has 0 amide bonds. The van der Waals surface area contributed by atoms with Gasteiger partial charge in [-0.05, 0) is 6.42 Å². The van der Waals surface area contributed by atoms with Gasteiger partial charge in [-0.15, -0.1) is 11.6 Å². The number of nitrogens with zero attached hydrogens (tertiary/aromatic N) is 1. The molecule has 0 fully saturated rings. The number of hydrogen-bond acceptors (Lipinski definition) is 2. The van der Waals surface area contributed by atoms with Crippen LogP contribution in [0.15, 0.2) is 0 Å². The molecule has 0 spiro atoms. The highest BCUT2D eigenvalue weighted by Gasteiger charge is 2.15. The Labute approximate surface area is 59.2 Å². The Hall–Kier alpha value is -0.310. The molecule has 0 bridgehead atoms. The van der Waals surface area contributed by atoms with Crippen molar-refractivity contribution in [2.75, 3.05) is 5.88 Å². The Bertz CT molecular complexity index is 97.0. The van der Waals surface area contributed by atoms with Gasteiger partial charge in [0.25, 0.3) is 0 Å². The van der Waals surface area contributed by atoms with Crippen molar-refractivity contribution in [1.82, 2.24) is 0 Å². The fraction of sp³-hybridized carbons (Fsp3) is 1.00. The van der Waals surface area contributed by atoms with Crippen LogP contribution in [0.4, 0.5) is 0 Å². The summed E-state index contributed by atoms with van der Waals surface area (Å²) in [7, 11) is 0. The molecular weight excluding hydrogens is 142 g/mol. The Morgan fingerprint density at radius 3 is 2.44 bits per heavy atom. The summed E-state index contributed by atoms with van der Waals surface area (Å²) in [5.41, 5.74) is 0. The Kier molecular flexibility index (Phi) is 4.40. The third kappa shape index (κ3) is 3.30. The van der Waals surface area contributed by atoms with Crippen molar-refractivity contribution >= 4 is 11.6 Å². The van der Waals surface area contributed by atoms with Crippen molar-refractivity contribution < 1.29 is 4.92 Å². The first-order chi connectivity index (χ1) is 4.22. The third-order valence-electron chi connectivity index (χ3n) is 1.10. The highest BCUT2D eigenvalue weighted by molar-refractivity contribution is 6.18. The summed E-state index contributed by atoms with van der Waals surface area (Å²) in [6, 6.07) is -0.545. The van der Waals surface area contributed by atoms with E-state index in [1.807, 2.05) is 6.92 Å². The normalized spacial score (nSPS) is 13.1. The first-order valence-electron chi connectivity index (χ1n) is 2.91. The molecule has 54 valence electrons. The largest absolute Gasteiger partial charge is 0.264 e. The molecule has 0 saturated carbocycles. The molecular formula is C5H10ClNO2. The summed E-state index contributed by atoms with van der Waals surface area (Å²) in [6.07, 6.45) is 1.40. The van der Waals surface area contributed by atoms with Crippen molar-refractivity contribution in [3.63, 3.8) is 0 Å². The minimum Gasteiger partial charge on any atom is -0.264 e. The average Bonchev–Trinajstić information content (AvgIpc) is 1.82. The third-order valence-corrected chi connectivity index (χ3v) is 1.45. The molecule has 0 aliphatic heterocycles. The van der Waals surface area contributed by atoms with Crippen molar-refractivity contribution in [2.45, 2.75) is 25.8 Å². The highest BCUT2D eigenvalue weighted by Crippen LogP contribution is 2.01. The zero-order valence-corrected chi connectivity index (χ0v) is 6.10. The minimum atomic E-state index is -0.545. The van der Waals surface area contributed by atoms with Gasteiger partial charge in [0.2, 0.25) is 6.04 Å². The molecule has 0 radical (unpaired) electrons. The van der Waals surface area contributed by atoms with Gasteiger partial charge in [-0.1, -0.05) is 6.92 Å². The maximum absolute atomic E-state index is 10.0. The number of rotatable bonds is 4. The lowest BCUT2D eigenvalue weighted by Gasteiger charge is -2.01. The van der Waals surface area contributed by atoms with Crippen LogP contribution in [-0.2, 0) is 0 Å². The smallest absolute Gasteiger partial charge is 0.226 e. The van der Waals surface area contributed by atoms with E-state index in [0.29, 0.717) is 6.42 Å². The van der Waals surface area contributed by atoms with Crippen molar-refractivity contribution in [1.29, 1.82) is 0 Å². The summed E-state index contributed by atoms with van der Waals surface area (Å²) in [4.78, 5) is 9.72. The first kappa shape index (κ1) is 8.69. The average molecular weight is 152 g/mol. The molecule has 0 aromatic rings. The SMILES string of the molecule is CCCC(CCl)[N+](=O)[O-]. The van der Waals surface area contributed by atoms with E-state index in [2.05, 4.69) is 0 Å². The number of nitro groups is 1. The van der Waals surface area contributed by atoms with Crippen LogP contribution in [0.25, 0.3) is 0 Å². The lowest BCUT2D eigenvalue weighted by Crippen LogP contribution is -2.20. The maximum Gasteiger partial charge on any atom is 0.226 e. The minimum absolute atomic E-state index is 0.126. The quantitative estimate of drug-likeness (QED) is 0.349. The molecule has 1 unspecified atom stereocenters. The van der Waals surface area contributed by atoms with Crippen LogP contribution in [0.5, 0.6) is 0 Å². The standard InChI is InChI=1S/C5H10ClNO2/c1-2-3-5(4-6)7(8)9/h5H,2-4H2,1H3. The van der Waals surface area contributed by atoms with Gasteiger partial charge in [-0.3, -0.25) is 10.1 Å². The molecule has 9 heavy (non-hydrogen) atoms. The lowest BCUT2D eigenvalue weighted by atomic mass is 10.2. The molecule has 0 rings (SSSR count). The summed E-state index contributed by atoms with van der Waals surface area (Å²) in [6.45, 7) is 1.91. The second-order valence-corrected chi connectivity index (χ2v) is 2.19. The van der Waals surface area contributed by atoms with Gasteiger partial charge in [-0.25, -0.2) is 0 Å². The van der Waals surface area contributed by atoms with Crippen LogP contribution >= 0.6 is 11.6 Å². The van der Waals surface area contributed by atoms with Gasteiger partial charge in [0.1, 0.15) is 0 Å². The topological polar surface area (TPSA) is 43.1 Å². The molecule has 0 heterocycles. The number of alkyl halides is 1. The fourth-order valence-corrected chi connectivity index (χ4v) is 0.839. The zero-order valence-electron chi connectivity index (χ0n) is 5.34. The maximum atomic E-state index is 10.0. The van der Waals surface area contributed by atoms with E-state index >= 15 is 0 Å². The van der Waals surface area contributed by atoms with E-state index in [-0.39, 0.29) is 10.8 Å². The second kappa shape index (κ2) is 4.56. The van der Waals surface area contributed by atoms with E-state index in [1.54, 1.807) is 0 Å².